The minimum absolute atomic E-state index is 0.0609. The lowest BCUT2D eigenvalue weighted by molar-refractivity contribution is 0.563. The fraction of sp³-hybridized carbons (Fsp3) is 0. The highest BCUT2D eigenvalue weighted by molar-refractivity contribution is 6.30. The predicted molar refractivity (Wildman–Crippen MR) is 59.1 cm³/mol. The van der Waals surface area contributed by atoms with Crippen LogP contribution in [0.25, 0.3) is 12.2 Å². The molecule has 4 nitrogen and oxygen atoms in total. The van der Waals surface area contributed by atoms with Crippen molar-refractivity contribution < 1.29 is 4.42 Å². The third-order valence-electron chi connectivity index (χ3n) is 1.74. The fourth-order valence-electron chi connectivity index (χ4n) is 1.06. The van der Waals surface area contributed by atoms with E-state index in [1.807, 2.05) is 30.3 Å². The van der Waals surface area contributed by atoms with Crippen molar-refractivity contribution in [2.45, 2.75) is 0 Å². The lowest BCUT2D eigenvalue weighted by atomic mass is 10.2. The Morgan fingerprint density at radius 2 is 1.87 bits per heavy atom. The lowest BCUT2D eigenvalue weighted by Crippen LogP contribution is -1.81. The first-order valence-corrected chi connectivity index (χ1v) is 4.64. The molecule has 1 heterocycles. The molecule has 0 unspecified atom stereocenters. The van der Waals surface area contributed by atoms with E-state index in [1.165, 1.54) is 0 Å². The standard InChI is InChI=1S/C10H8ClN3O/c11-8-4-1-7(2-5-8)3-6-9-13-14-10(12)15-9/h1-6H,(H2,12,14)/b6-3-. The van der Waals surface area contributed by atoms with Crippen molar-refractivity contribution >= 4 is 29.8 Å². The summed E-state index contributed by atoms with van der Waals surface area (Å²) in [6, 6.07) is 7.45. The Morgan fingerprint density at radius 3 is 2.47 bits per heavy atom. The average molecular weight is 222 g/mol. The molecule has 0 fully saturated rings. The third-order valence-corrected chi connectivity index (χ3v) is 2.00. The second kappa shape index (κ2) is 4.14. The summed E-state index contributed by atoms with van der Waals surface area (Å²) in [7, 11) is 0. The van der Waals surface area contributed by atoms with E-state index < -0.39 is 0 Å². The van der Waals surface area contributed by atoms with Gasteiger partial charge in [0.05, 0.1) is 0 Å². The monoisotopic (exact) mass is 221 g/mol. The maximum absolute atomic E-state index is 5.75. The van der Waals surface area contributed by atoms with Crippen LogP contribution in [0.3, 0.4) is 0 Å². The van der Waals surface area contributed by atoms with E-state index in [0.717, 1.165) is 5.56 Å². The molecule has 0 bridgehead atoms. The van der Waals surface area contributed by atoms with Crippen LogP contribution in [0, 0.1) is 0 Å². The first-order chi connectivity index (χ1) is 7.24. The number of nitrogens with zero attached hydrogens (tertiary/aromatic N) is 2. The Balaban J connectivity index is 2.14. The quantitative estimate of drug-likeness (QED) is 0.846. The van der Waals surface area contributed by atoms with Crippen LogP contribution in [-0.4, -0.2) is 10.2 Å². The molecule has 0 aliphatic rings. The molecule has 5 heteroatoms. The van der Waals surface area contributed by atoms with E-state index >= 15 is 0 Å². The van der Waals surface area contributed by atoms with E-state index in [1.54, 1.807) is 6.08 Å². The van der Waals surface area contributed by atoms with Gasteiger partial charge in [-0.05, 0) is 23.8 Å². The van der Waals surface area contributed by atoms with Gasteiger partial charge in [0.25, 0.3) is 0 Å². The molecule has 2 N–H and O–H groups in total. The molecule has 15 heavy (non-hydrogen) atoms. The molecule has 0 atom stereocenters. The molecule has 0 spiro atoms. The van der Waals surface area contributed by atoms with Crippen molar-refractivity contribution in [2.24, 2.45) is 0 Å². The Labute approximate surface area is 91.4 Å². The maximum Gasteiger partial charge on any atom is 0.313 e. The van der Waals surface area contributed by atoms with Gasteiger partial charge in [0.2, 0.25) is 5.89 Å². The summed E-state index contributed by atoms with van der Waals surface area (Å²) < 4.78 is 4.97. The van der Waals surface area contributed by atoms with Crippen molar-refractivity contribution in [1.82, 2.24) is 10.2 Å². The number of halogens is 1. The largest absolute Gasteiger partial charge is 0.404 e. The molecule has 2 aromatic rings. The van der Waals surface area contributed by atoms with Gasteiger partial charge in [-0.2, -0.15) is 0 Å². The van der Waals surface area contributed by atoms with Crippen molar-refractivity contribution in [2.75, 3.05) is 5.73 Å². The molecule has 0 amide bonds. The third kappa shape index (κ3) is 2.57. The first kappa shape index (κ1) is 9.73. The highest BCUT2D eigenvalue weighted by atomic mass is 35.5. The summed E-state index contributed by atoms with van der Waals surface area (Å²) in [5.74, 6) is 0.377. The molecular weight excluding hydrogens is 214 g/mol. The van der Waals surface area contributed by atoms with E-state index in [0.29, 0.717) is 10.9 Å². The van der Waals surface area contributed by atoms with Gasteiger partial charge < -0.3 is 10.2 Å². The minimum atomic E-state index is 0.0609. The van der Waals surface area contributed by atoms with Gasteiger partial charge in [0.15, 0.2) is 0 Å². The minimum Gasteiger partial charge on any atom is -0.404 e. The SMILES string of the molecule is Nc1nnc(/C=C\c2ccc(Cl)cc2)o1. The highest BCUT2D eigenvalue weighted by Gasteiger charge is 1.96. The van der Waals surface area contributed by atoms with Gasteiger partial charge in [0.1, 0.15) is 0 Å². The topological polar surface area (TPSA) is 64.9 Å². The van der Waals surface area contributed by atoms with Crippen LogP contribution in [0.1, 0.15) is 11.5 Å². The zero-order chi connectivity index (χ0) is 10.7. The van der Waals surface area contributed by atoms with Gasteiger partial charge in [-0.1, -0.05) is 28.8 Å². The van der Waals surface area contributed by atoms with Crippen LogP contribution in [0.5, 0.6) is 0 Å². The number of benzene rings is 1. The van der Waals surface area contributed by atoms with Gasteiger partial charge in [-0.15, -0.1) is 5.10 Å². The number of hydrogen-bond donors (Lipinski definition) is 1. The van der Waals surface area contributed by atoms with Crippen molar-refractivity contribution in [3.8, 4) is 0 Å². The number of nitrogen functional groups attached to an aromatic ring is 1. The number of rotatable bonds is 2. The van der Waals surface area contributed by atoms with E-state index in [4.69, 9.17) is 21.8 Å². The molecule has 0 aliphatic carbocycles. The molecule has 0 saturated heterocycles. The van der Waals surface area contributed by atoms with Crippen LogP contribution in [0.15, 0.2) is 28.7 Å². The zero-order valence-electron chi connectivity index (χ0n) is 7.72. The van der Waals surface area contributed by atoms with Crippen molar-refractivity contribution in [3.05, 3.63) is 40.7 Å². The second-order valence-electron chi connectivity index (χ2n) is 2.86. The van der Waals surface area contributed by atoms with Gasteiger partial charge >= 0.3 is 6.01 Å². The van der Waals surface area contributed by atoms with Crippen LogP contribution < -0.4 is 5.73 Å². The summed E-state index contributed by atoms with van der Waals surface area (Å²) in [6.45, 7) is 0. The van der Waals surface area contributed by atoms with Crippen LogP contribution in [0.2, 0.25) is 5.02 Å². The number of nitrogens with two attached hydrogens (primary N) is 1. The van der Waals surface area contributed by atoms with Crippen LogP contribution in [0.4, 0.5) is 6.01 Å². The number of aromatic nitrogens is 2. The Hall–Kier alpha value is -1.81. The molecular formula is C10H8ClN3O. The average Bonchev–Trinajstić information content (AvgIpc) is 2.64. The summed E-state index contributed by atoms with van der Waals surface area (Å²) in [4.78, 5) is 0. The second-order valence-corrected chi connectivity index (χ2v) is 3.30. The van der Waals surface area contributed by atoms with Gasteiger partial charge in [-0.25, -0.2) is 0 Å². The van der Waals surface area contributed by atoms with E-state index in [2.05, 4.69) is 10.2 Å². The summed E-state index contributed by atoms with van der Waals surface area (Å²) in [6.07, 6.45) is 3.52. The summed E-state index contributed by atoms with van der Waals surface area (Å²) in [5.41, 5.74) is 6.27. The van der Waals surface area contributed by atoms with E-state index in [9.17, 15) is 0 Å². The van der Waals surface area contributed by atoms with Gasteiger partial charge in [0, 0.05) is 11.1 Å². The Kier molecular flexibility index (Phi) is 2.69. The molecule has 0 saturated carbocycles. The molecule has 2 rings (SSSR count). The van der Waals surface area contributed by atoms with Crippen LogP contribution in [-0.2, 0) is 0 Å². The summed E-state index contributed by atoms with van der Waals surface area (Å²) in [5, 5.41) is 7.93. The Bertz CT molecular complexity index is 476. The van der Waals surface area contributed by atoms with E-state index in [-0.39, 0.29) is 6.01 Å². The van der Waals surface area contributed by atoms with Gasteiger partial charge in [-0.3, -0.25) is 0 Å². The molecule has 0 aliphatic heterocycles. The fourth-order valence-corrected chi connectivity index (χ4v) is 1.18. The summed E-state index contributed by atoms with van der Waals surface area (Å²) >= 11 is 5.75. The highest BCUT2D eigenvalue weighted by Crippen LogP contribution is 2.12. The molecule has 76 valence electrons. The first-order valence-electron chi connectivity index (χ1n) is 4.27. The smallest absolute Gasteiger partial charge is 0.313 e. The lowest BCUT2D eigenvalue weighted by Gasteiger charge is -1.91. The molecule has 1 aromatic carbocycles. The van der Waals surface area contributed by atoms with Crippen LogP contribution >= 0.6 is 11.6 Å². The molecule has 0 radical (unpaired) electrons. The molecule has 1 aromatic heterocycles. The number of anilines is 1. The van der Waals surface area contributed by atoms with Crippen molar-refractivity contribution in [3.63, 3.8) is 0 Å². The number of hydrogen-bond acceptors (Lipinski definition) is 4. The maximum atomic E-state index is 5.75. The predicted octanol–water partition coefficient (Wildman–Crippen LogP) is 2.48. The normalized spacial score (nSPS) is 11.0. The Morgan fingerprint density at radius 1 is 1.13 bits per heavy atom. The zero-order valence-corrected chi connectivity index (χ0v) is 8.48. The van der Waals surface area contributed by atoms with Crippen molar-refractivity contribution in [1.29, 1.82) is 0 Å².